The van der Waals surface area contributed by atoms with Gasteiger partial charge in [0.15, 0.2) is 17.3 Å². The van der Waals surface area contributed by atoms with Crippen LogP contribution in [0, 0.1) is 17.0 Å². The standard InChI is InChI=1S/C30H27F2N3O6S/c1-39-29(38)41-16-40-27-21(36)8-12-34-26(27)28(37)33-13-11-30(9-10-30)14-23(33)35(34)25-17-6-7-20(31)24(32)19(17)15-42-22-5-3-2-4-18(22)25/h2-8,12,23,25H,9-11,13-16H2,1H3/t23-,25+/m1/s1. The number of amides is 1. The van der Waals surface area contributed by atoms with E-state index in [1.54, 1.807) is 15.6 Å². The van der Waals surface area contributed by atoms with E-state index in [0.29, 0.717) is 18.5 Å². The lowest BCUT2D eigenvalue weighted by Crippen LogP contribution is -2.65. The van der Waals surface area contributed by atoms with E-state index in [1.807, 2.05) is 29.3 Å². The fraction of sp³-hybridized carbons (Fsp3) is 0.367. The van der Waals surface area contributed by atoms with E-state index in [4.69, 9.17) is 9.47 Å². The van der Waals surface area contributed by atoms with Gasteiger partial charge < -0.3 is 19.1 Å². The number of hydrogen-bond donors (Lipinski definition) is 0. The number of carbonyl (C=O) groups is 2. The number of methoxy groups -OCH3 is 1. The van der Waals surface area contributed by atoms with Crippen LogP contribution in [0.3, 0.4) is 0 Å². The lowest BCUT2D eigenvalue weighted by molar-refractivity contribution is 0.0118. The maximum absolute atomic E-state index is 15.4. The smallest absolute Gasteiger partial charge is 0.451 e. The molecule has 1 aliphatic carbocycles. The first kappa shape index (κ1) is 26.8. The van der Waals surface area contributed by atoms with E-state index >= 15 is 4.39 Å². The van der Waals surface area contributed by atoms with Crippen LogP contribution >= 0.6 is 11.8 Å². The topological polar surface area (TPSA) is 90.3 Å². The number of benzene rings is 2. The van der Waals surface area contributed by atoms with Crippen molar-refractivity contribution >= 4 is 23.8 Å². The highest BCUT2D eigenvalue weighted by molar-refractivity contribution is 7.98. The predicted molar refractivity (Wildman–Crippen MR) is 148 cm³/mol. The Morgan fingerprint density at radius 1 is 1.07 bits per heavy atom. The third-order valence-corrected chi connectivity index (χ3v) is 9.91. The zero-order chi connectivity index (χ0) is 29.2. The molecule has 4 heterocycles. The summed E-state index contributed by atoms with van der Waals surface area (Å²) in [7, 11) is 1.14. The highest BCUT2D eigenvalue weighted by Gasteiger charge is 2.55. The molecule has 2 fully saturated rings. The highest BCUT2D eigenvalue weighted by atomic mass is 32.2. The summed E-state index contributed by atoms with van der Waals surface area (Å²) in [5.74, 6) is -2.25. The summed E-state index contributed by atoms with van der Waals surface area (Å²) in [5.41, 5.74) is 1.22. The first-order valence-electron chi connectivity index (χ1n) is 13.7. The van der Waals surface area contributed by atoms with Crippen molar-refractivity contribution in [3.63, 3.8) is 0 Å². The second-order valence-corrected chi connectivity index (χ2v) is 12.1. The van der Waals surface area contributed by atoms with Gasteiger partial charge in [0, 0.05) is 35.0 Å². The number of nitrogens with zero attached hydrogens (tertiary/aromatic N) is 3. The van der Waals surface area contributed by atoms with Gasteiger partial charge in [0.25, 0.3) is 5.91 Å². The van der Waals surface area contributed by atoms with E-state index in [1.165, 1.54) is 24.0 Å². The van der Waals surface area contributed by atoms with Crippen molar-refractivity contribution in [3.8, 4) is 5.75 Å². The SMILES string of the molecule is COC(=O)OCOc1c2n(ccc1=O)N([C@@H]1c3ccccc3SCc3c1ccc(F)c3F)[C@@H]1CC3(CCN1C2=O)CC3. The molecule has 3 aliphatic heterocycles. The van der Waals surface area contributed by atoms with Gasteiger partial charge in [0.2, 0.25) is 18.0 Å². The van der Waals surface area contributed by atoms with Crippen LogP contribution in [0.5, 0.6) is 5.75 Å². The van der Waals surface area contributed by atoms with Gasteiger partial charge in [-0.3, -0.25) is 19.3 Å². The molecule has 218 valence electrons. The van der Waals surface area contributed by atoms with Crippen LogP contribution in [-0.2, 0) is 15.2 Å². The second kappa shape index (κ2) is 10.0. The molecule has 1 aromatic heterocycles. The number of aromatic nitrogens is 1. The molecule has 7 rings (SSSR count). The average Bonchev–Trinajstić information content (AvgIpc) is 3.77. The van der Waals surface area contributed by atoms with Gasteiger partial charge in [-0.05, 0) is 54.4 Å². The molecule has 0 bridgehead atoms. The van der Waals surface area contributed by atoms with Gasteiger partial charge in [-0.1, -0.05) is 24.3 Å². The van der Waals surface area contributed by atoms with Crippen molar-refractivity contribution in [1.29, 1.82) is 0 Å². The Morgan fingerprint density at radius 3 is 2.67 bits per heavy atom. The molecule has 3 aromatic rings. The van der Waals surface area contributed by atoms with E-state index in [0.717, 1.165) is 42.9 Å². The zero-order valence-electron chi connectivity index (χ0n) is 22.7. The molecule has 0 unspecified atom stereocenters. The number of thioether (sulfide) groups is 1. The molecule has 2 atom stereocenters. The van der Waals surface area contributed by atoms with Crippen LogP contribution in [0.2, 0.25) is 0 Å². The van der Waals surface area contributed by atoms with Crippen LogP contribution in [-0.4, -0.2) is 48.3 Å². The molecule has 9 nitrogen and oxygen atoms in total. The largest absolute Gasteiger partial charge is 0.510 e. The first-order chi connectivity index (χ1) is 20.3. The Bertz CT molecular complexity index is 1680. The molecule has 12 heteroatoms. The Morgan fingerprint density at radius 2 is 1.88 bits per heavy atom. The summed E-state index contributed by atoms with van der Waals surface area (Å²) >= 11 is 1.43. The second-order valence-electron chi connectivity index (χ2n) is 11.0. The number of rotatable bonds is 4. The number of pyridine rings is 1. The summed E-state index contributed by atoms with van der Waals surface area (Å²) in [6.07, 6.45) is 3.73. The minimum Gasteiger partial charge on any atom is -0.451 e. The summed E-state index contributed by atoms with van der Waals surface area (Å²) in [4.78, 5) is 41.4. The first-order valence-corrected chi connectivity index (χ1v) is 14.7. The lowest BCUT2D eigenvalue weighted by atomic mass is 9.87. The molecule has 0 radical (unpaired) electrons. The summed E-state index contributed by atoms with van der Waals surface area (Å²) in [6.45, 7) is -0.177. The predicted octanol–water partition coefficient (Wildman–Crippen LogP) is 4.94. The van der Waals surface area contributed by atoms with E-state index < -0.39 is 42.2 Å². The van der Waals surface area contributed by atoms with Crippen molar-refractivity contribution in [2.75, 3.05) is 25.5 Å². The van der Waals surface area contributed by atoms with Gasteiger partial charge in [0.1, 0.15) is 6.17 Å². The molecule has 1 saturated heterocycles. The number of fused-ring (bicyclic) bond motifs is 4. The number of hydrogen-bond acceptors (Lipinski definition) is 8. The van der Waals surface area contributed by atoms with Crippen LogP contribution in [0.15, 0.2) is 58.4 Å². The van der Waals surface area contributed by atoms with Crippen molar-refractivity contribution < 1.29 is 32.6 Å². The number of carbonyl (C=O) groups excluding carboxylic acids is 2. The van der Waals surface area contributed by atoms with Crippen LogP contribution in [0.25, 0.3) is 0 Å². The minimum absolute atomic E-state index is 0.0301. The maximum Gasteiger partial charge on any atom is 0.510 e. The molecule has 1 spiro atoms. The van der Waals surface area contributed by atoms with Crippen LogP contribution in [0.4, 0.5) is 13.6 Å². The Balaban J connectivity index is 1.45. The van der Waals surface area contributed by atoms with Gasteiger partial charge in [0.05, 0.1) is 13.2 Å². The summed E-state index contributed by atoms with van der Waals surface area (Å²) < 4.78 is 46.5. The normalized spacial score (nSPS) is 21.5. The average molecular weight is 596 g/mol. The van der Waals surface area contributed by atoms with Crippen LogP contribution < -0.4 is 15.2 Å². The Labute approximate surface area is 243 Å². The molecule has 1 saturated carbocycles. The van der Waals surface area contributed by atoms with Crippen molar-refractivity contribution in [1.82, 2.24) is 9.58 Å². The van der Waals surface area contributed by atoms with Crippen molar-refractivity contribution in [2.24, 2.45) is 5.41 Å². The molecule has 42 heavy (non-hydrogen) atoms. The van der Waals surface area contributed by atoms with E-state index in [2.05, 4.69) is 4.74 Å². The fourth-order valence-electron chi connectivity index (χ4n) is 6.47. The van der Waals surface area contributed by atoms with E-state index in [9.17, 15) is 18.8 Å². The Hall–Kier alpha value is -4.06. The quantitative estimate of drug-likeness (QED) is 0.310. The van der Waals surface area contributed by atoms with Gasteiger partial charge in [-0.2, -0.15) is 0 Å². The molecular formula is C30H27F2N3O6S. The molecule has 4 aliphatic rings. The van der Waals surface area contributed by atoms with Crippen molar-refractivity contribution in [2.45, 2.75) is 48.5 Å². The van der Waals surface area contributed by atoms with Gasteiger partial charge in [-0.15, -0.1) is 11.8 Å². The van der Waals surface area contributed by atoms with E-state index in [-0.39, 0.29) is 34.1 Å². The van der Waals surface area contributed by atoms with Crippen LogP contribution in [0.1, 0.15) is 58.9 Å². The lowest BCUT2D eigenvalue weighted by Gasteiger charge is -2.53. The monoisotopic (exact) mass is 595 g/mol. The number of ether oxygens (including phenoxy) is 3. The maximum atomic E-state index is 15.4. The van der Waals surface area contributed by atoms with Gasteiger partial charge >= 0.3 is 6.16 Å². The highest BCUT2D eigenvalue weighted by Crippen LogP contribution is 2.57. The third-order valence-electron chi connectivity index (χ3n) is 8.79. The fourth-order valence-corrected chi connectivity index (χ4v) is 7.58. The molecule has 2 aromatic carbocycles. The van der Waals surface area contributed by atoms with Crippen molar-refractivity contribution in [3.05, 3.63) is 92.9 Å². The summed E-state index contributed by atoms with van der Waals surface area (Å²) in [5, 5.41) is 2.00. The summed E-state index contributed by atoms with van der Waals surface area (Å²) in [6, 6.07) is 11.1. The Kier molecular flexibility index (Phi) is 6.41. The number of piperidine rings is 1. The molecule has 0 N–H and O–H groups in total. The minimum atomic E-state index is -1.00. The van der Waals surface area contributed by atoms with Gasteiger partial charge in [-0.25, -0.2) is 13.6 Å². The molecule has 1 amide bonds. The third kappa shape index (κ3) is 4.22. The molecular weight excluding hydrogens is 568 g/mol. The zero-order valence-corrected chi connectivity index (χ0v) is 23.5. The number of halogens is 2.